The second-order valence-electron chi connectivity index (χ2n) is 4.01. The number of halogens is 2. The molecule has 2 atom stereocenters. The number of carbonyl (C=O) groups excluding carboxylic acids is 2. The first kappa shape index (κ1) is 11.1. The molecular formula is C9H10Br2N2O2. The van der Waals surface area contributed by atoms with E-state index in [0.717, 1.165) is 12.0 Å². The minimum atomic E-state index is -0.542. The Hall–Kier alpha value is -0.360. The average Bonchev–Trinajstić information content (AvgIpc) is 2.54. The molecule has 2 amide bonds. The highest BCUT2D eigenvalue weighted by Crippen LogP contribution is 2.59. The minimum absolute atomic E-state index is 0.0961. The number of carbonyl (C=O) groups is 2. The molecule has 2 aliphatic rings. The van der Waals surface area contributed by atoms with Crippen LogP contribution >= 0.6 is 31.9 Å². The standard InChI is InChI=1S/C9H10Br2N2O2/c10-9(11)2-3-1-4(9)6(8(13)15)5(3)7(12)14/h3,5H,1-2H2,(H2,12,14)(H2,13,15). The van der Waals surface area contributed by atoms with Gasteiger partial charge in [0.15, 0.2) is 0 Å². The van der Waals surface area contributed by atoms with Crippen molar-refractivity contribution >= 4 is 43.7 Å². The summed E-state index contributed by atoms with van der Waals surface area (Å²) in [5.41, 5.74) is 11.9. The molecule has 0 heterocycles. The molecule has 15 heavy (non-hydrogen) atoms. The molecule has 2 rings (SSSR count). The maximum absolute atomic E-state index is 11.3. The average molecular weight is 338 g/mol. The second kappa shape index (κ2) is 3.31. The summed E-state index contributed by atoms with van der Waals surface area (Å²) in [4.78, 5) is 22.6. The van der Waals surface area contributed by atoms with Gasteiger partial charge in [-0.3, -0.25) is 9.59 Å². The van der Waals surface area contributed by atoms with Gasteiger partial charge in [-0.2, -0.15) is 0 Å². The number of allylic oxidation sites excluding steroid dienone is 1. The fraction of sp³-hybridized carbons (Fsp3) is 0.556. The van der Waals surface area contributed by atoms with Gasteiger partial charge in [-0.25, -0.2) is 0 Å². The van der Waals surface area contributed by atoms with E-state index in [4.69, 9.17) is 11.5 Å². The largest absolute Gasteiger partial charge is 0.369 e. The first-order chi connectivity index (χ1) is 6.84. The zero-order valence-electron chi connectivity index (χ0n) is 7.80. The zero-order valence-corrected chi connectivity index (χ0v) is 11.0. The van der Waals surface area contributed by atoms with Crippen molar-refractivity contribution < 1.29 is 9.59 Å². The third-order valence-electron chi connectivity index (χ3n) is 3.11. The molecule has 4 nitrogen and oxygen atoms in total. The maximum atomic E-state index is 11.3. The fourth-order valence-corrected chi connectivity index (χ4v) is 4.16. The number of fused-ring (bicyclic) bond motifs is 2. The van der Waals surface area contributed by atoms with Crippen LogP contribution < -0.4 is 11.5 Å². The van der Waals surface area contributed by atoms with Crippen molar-refractivity contribution in [2.75, 3.05) is 0 Å². The van der Waals surface area contributed by atoms with Crippen LogP contribution in [0.5, 0.6) is 0 Å². The van der Waals surface area contributed by atoms with Crippen LogP contribution in [0.25, 0.3) is 0 Å². The fourth-order valence-electron chi connectivity index (χ4n) is 2.58. The molecule has 0 saturated heterocycles. The van der Waals surface area contributed by atoms with Crippen LogP contribution in [-0.4, -0.2) is 15.0 Å². The lowest BCUT2D eigenvalue weighted by Crippen LogP contribution is -2.37. The van der Waals surface area contributed by atoms with Gasteiger partial charge in [-0.1, -0.05) is 31.9 Å². The molecule has 0 radical (unpaired) electrons. The van der Waals surface area contributed by atoms with E-state index in [1.807, 2.05) is 0 Å². The molecule has 0 aromatic heterocycles. The van der Waals surface area contributed by atoms with Crippen molar-refractivity contribution in [1.29, 1.82) is 0 Å². The van der Waals surface area contributed by atoms with Gasteiger partial charge in [0, 0.05) is 5.57 Å². The van der Waals surface area contributed by atoms with E-state index in [1.165, 1.54) is 0 Å². The van der Waals surface area contributed by atoms with Crippen LogP contribution in [0, 0.1) is 11.8 Å². The summed E-state index contributed by atoms with van der Waals surface area (Å²) in [6.07, 6.45) is 1.47. The highest BCUT2D eigenvalue weighted by Gasteiger charge is 2.54. The molecule has 0 spiro atoms. The van der Waals surface area contributed by atoms with Crippen molar-refractivity contribution in [1.82, 2.24) is 0 Å². The smallest absolute Gasteiger partial charge is 0.245 e. The summed E-state index contributed by atoms with van der Waals surface area (Å²) in [6.45, 7) is 0. The van der Waals surface area contributed by atoms with Gasteiger partial charge in [0.1, 0.15) is 3.23 Å². The third kappa shape index (κ3) is 1.54. The Morgan fingerprint density at radius 1 is 1.33 bits per heavy atom. The third-order valence-corrected chi connectivity index (χ3v) is 4.71. The van der Waals surface area contributed by atoms with E-state index in [9.17, 15) is 9.59 Å². The summed E-state index contributed by atoms with van der Waals surface area (Å²) in [6, 6.07) is 0. The van der Waals surface area contributed by atoms with Gasteiger partial charge in [0.25, 0.3) is 0 Å². The SMILES string of the molecule is NC(=O)C1=C2CC(CC2(Br)Br)C1C(N)=O. The van der Waals surface area contributed by atoms with Crippen LogP contribution in [0.4, 0.5) is 0 Å². The van der Waals surface area contributed by atoms with Crippen molar-refractivity contribution in [3.63, 3.8) is 0 Å². The van der Waals surface area contributed by atoms with E-state index < -0.39 is 17.7 Å². The quantitative estimate of drug-likeness (QED) is 0.729. The Morgan fingerprint density at radius 3 is 2.40 bits per heavy atom. The summed E-state index contributed by atoms with van der Waals surface area (Å²) < 4.78 is -0.374. The van der Waals surface area contributed by atoms with Crippen LogP contribution in [0.3, 0.4) is 0 Å². The van der Waals surface area contributed by atoms with Gasteiger partial charge in [-0.15, -0.1) is 0 Å². The minimum Gasteiger partial charge on any atom is -0.369 e. The molecule has 6 heteroatoms. The summed E-state index contributed by atoms with van der Waals surface area (Å²) >= 11 is 6.97. The second-order valence-corrected chi connectivity index (χ2v) is 7.78. The van der Waals surface area contributed by atoms with Gasteiger partial charge in [0.2, 0.25) is 11.8 Å². The lowest BCUT2D eigenvalue weighted by molar-refractivity contribution is -0.124. The zero-order chi connectivity index (χ0) is 11.4. The molecule has 2 aliphatic carbocycles. The normalized spacial score (nSPS) is 32.1. The number of primary amides is 2. The first-order valence-corrected chi connectivity index (χ1v) is 6.13. The molecule has 1 saturated carbocycles. The van der Waals surface area contributed by atoms with Crippen LogP contribution in [0.1, 0.15) is 12.8 Å². The van der Waals surface area contributed by atoms with E-state index in [0.29, 0.717) is 12.0 Å². The van der Waals surface area contributed by atoms with Gasteiger partial charge in [-0.05, 0) is 24.3 Å². The first-order valence-electron chi connectivity index (χ1n) is 4.55. The van der Waals surface area contributed by atoms with Gasteiger partial charge < -0.3 is 11.5 Å². The highest BCUT2D eigenvalue weighted by molar-refractivity contribution is 9.25. The lowest BCUT2D eigenvalue weighted by Gasteiger charge is -2.27. The van der Waals surface area contributed by atoms with Crippen LogP contribution in [-0.2, 0) is 9.59 Å². The predicted molar refractivity (Wildman–Crippen MR) is 62.2 cm³/mol. The summed E-state index contributed by atoms with van der Waals surface area (Å²) in [7, 11) is 0. The Labute approximate surface area is 104 Å². The van der Waals surface area contributed by atoms with Gasteiger partial charge in [0.05, 0.1) is 5.92 Å². The Kier molecular flexibility index (Phi) is 2.46. The summed E-state index contributed by atoms with van der Waals surface area (Å²) in [5, 5.41) is 0. The molecule has 1 fully saturated rings. The van der Waals surface area contributed by atoms with Crippen molar-refractivity contribution in [3.8, 4) is 0 Å². The molecule has 2 unspecified atom stereocenters. The molecule has 4 N–H and O–H groups in total. The number of amides is 2. The van der Waals surface area contributed by atoms with E-state index >= 15 is 0 Å². The number of rotatable bonds is 2. The topological polar surface area (TPSA) is 86.2 Å². The van der Waals surface area contributed by atoms with E-state index in [1.54, 1.807) is 0 Å². The Morgan fingerprint density at radius 2 is 1.93 bits per heavy atom. The van der Waals surface area contributed by atoms with Gasteiger partial charge >= 0.3 is 0 Å². The number of alkyl halides is 2. The van der Waals surface area contributed by atoms with Crippen LogP contribution in [0.2, 0.25) is 0 Å². The molecule has 0 aromatic rings. The monoisotopic (exact) mass is 336 g/mol. The summed E-state index contributed by atoms with van der Waals surface area (Å²) in [5.74, 6) is -1.40. The predicted octanol–water partition coefficient (Wildman–Crippen LogP) is 0.780. The van der Waals surface area contributed by atoms with E-state index in [2.05, 4.69) is 31.9 Å². The van der Waals surface area contributed by atoms with Crippen molar-refractivity contribution in [2.45, 2.75) is 16.1 Å². The molecule has 0 aromatic carbocycles. The van der Waals surface area contributed by atoms with E-state index in [-0.39, 0.29) is 9.15 Å². The molecular weight excluding hydrogens is 328 g/mol. The number of hydrogen-bond donors (Lipinski definition) is 2. The van der Waals surface area contributed by atoms with Crippen molar-refractivity contribution in [2.24, 2.45) is 23.3 Å². The molecule has 0 aliphatic heterocycles. The molecule has 2 bridgehead atoms. The Balaban J connectivity index is 2.51. The molecule has 82 valence electrons. The van der Waals surface area contributed by atoms with Crippen molar-refractivity contribution in [3.05, 3.63) is 11.1 Å². The maximum Gasteiger partial charge on any atom is 0.245 e. The lowest BCUT2D eigenvalue weighted by atomic mass is 9.85. The number of hydrogen-bond acceptors (Lipinski definition) is 2. The Bertz CT molecular complexity index is 390. The number of nitrogens with two attached hydrogens (primary N) is 2. The highest BCUT2D eigenvalue weighted by atomic mass is 79.9. The van der Waals surface area contributed by atoms with Crippen LogP contribution in [0.15, 0.2) is 11.1 Å².